The molecule has 18 heavy (non-hydrogen) atoms. The van der Waals surface area contributed by atoms with Gasteiger partial charge in [-0.25, -0.2) is 4.39 Å². The van der Waals surface area contributed by atoms with Crippen LogP contribution in [-0.4, -0.2) is 6.54 Å². The lowest BCUT2D eigenvalue weighted by molar-refractivity contribution is 0.416. The van der Waals surface area contributed by atoms with Gasteiger partial charge in [0.15, 0.2) is 0 Å². The summed E-state index contributed by atoms with van der Waals surface area (Å²) in [5, 5.41) is 3.37. The summed E-state index contributed by atoms with van der Waals surface area (Å²) < 4.78 is 19.3. The highest BCUT2D eigenvalue weighted by Gasteiger charge is 2.15. The van der Waals surface area contributed by atoms with Crippen molar-refractivity contribution < 1.29 is 8.81 Å². The molecule has 0 saturated carbocycles. The van der Waals surface area contributed by atoms with E-state index >= 15 is 0 Å². The van der Waals surface area contributed by atoms with E-state index in [0.29, 0.717) is 0 Å². The highest BCUT2D eigenvalue weighted by Crippen LogP contribution is 2.25. The molecule has 0 saturated heterocycles. The monoisotopic (exact) mass is 311 g/mol. The van der Waals surface area contributed by atoms with Crippen molar-refractivity contribution in [3.63, 3.8) is 0 Å². The van der Waals surface area contributed by atoms with Crippen LogP contribution in [0, 0.1) is 5.82 Å². The summed E-state index contributed by atoms with van der Waals surface area (Å²) in [4.78, 5) is 0. The minimum atomic E-state index is -0.233. The summed E-state index contributed by atoms with van der Waals surface area (Å²) in [5.74, 6) is 0.664. The molecule has 0 amide bonds. The van der Waals surface area contributed by atoms with Crippen molar-refractivity contribution >= 4 is 15.9 Å². The van der Waals surface area contributed by atoms with Gasteiger partial charge in [-0.1, -0.05) is 28.9 Å². The molecule has 0 bridgehead atoms. The van der Waals surface area contributed by atoms with Crippen LogP contribution in [0.1, 0.15) is 24.3 Å². The van der Waals surface area contributed by atoms with E-state index < -0.39 is 0 Å². The zero-order chi connectivity index (χ0) is 13.0. The Morgan fingerprint density at radius 2 is 2.22 bits per heavy atom. The quantitative estimate of drug-likeness (QED) is 0.900. The van der Waals surface area contributed by atoms with Gasteiger partial charge in [0.05, 0.1) is 12.3 Å². The summed E-state index contributed by atoms with van der Waals surface area (Å²) in [6, 6.07) is 8.69. The predicted octanol–water partition coefficient (Wildman–Crippen LogP) is 4.07. The Balaban J connectivity index is 2.18. The fourth-order valence-electron chi connectivity index (χ4n) is 1.92. The standard InChI is InChI=1S/C14H15BrFNO/c1-2-17-13(14-4-3-7-18-14)8-10-5-6-11(16)9-12(10)15/h3-7,9,13,17H,2,8H2,1H3. The third-order valence-electron chi connectivity index (χ3n) is 2.78. The molecule has 0 aliphatic heterocycles. The average Bonchev–Trinajstić information content (AvgIpc) is 2.85. The van der Waals surface area contributed by atoms with Crippen molar-refractivity contribution in [1.29, 1.82) is 0 Å². The van der Waals surface area contributed by atoms with Gasteiger partial charge in [-0.05, 0) is 42.8 Å². The number of hydrogen-bond donors (Lipinski definition) is 1. The molecular formula is C14H15BrFNO. The minimum absolute atomic E-state index is 0.103. The molecule has 1 aromatic carbocycles. The smallest absolute Gasteiger partial charge is 0.124 e. The van der Waals surface area contributed by atoms with E-state index in [0.717, 1.165) is 28.8 Å². The van der Waals surface area contributed by atoms with Gasteiger partial charge in [-0.15, -0.1) is 0 Å². The summed E-state index contributed by atoms with van der Waals surface area (Å²) in [7, 11) is 0. The summed E-state index contributed by atoms with van der Waals surface area (Å²) >= 11 is 3.39. The number of halogens is 2. The Labute approximate surface area is 114 Å². The molecule has 0 aliphatic rings. The molecule has 96 valence electrons. The van der Waals surface area contributed by atoms with E-state index in [9.17, 15) is 4.39 Å². The van der Waals surface area contributed by atoms with Gasteiger partial charge in [0.25, 0.3) is 0 Å². The van der Waals surface area contributed by atoms with Crippen molar-refractivity contribution in [3.05, 3.63) is 58.2 Å². The second-order valence-corrected chi connectivity index (χ2v) is 4.92. The largest absolute Gasteiger partial charge is 0.468 e. The Kier molecular flexibility index (Phi) is 4.55. The molecule has 0 fully saturated rings. The summed E-state index contributed by atoms with van der Waals surface area (Å²) in [6.07, 6.45) is 2.42. The first-order chi connectivity index (χ1) is 8.70. The first-order valence-electron chi connectivity index (χ1n) is 5.91. The number of hydrogen-bond acceptors (Lipinski definition) is 2. The lowest BCUT2D eigenvalue weighted by atomic mass is 10.0. The van der Waals surface area contributed by atoms with Gasteiger partial charge in [-0.3, -0.25) is 0 Å². The van der Waals surface area contributed by atoms with Crippen LogP contribution in [0.5, 0.6) is 0 Å². The summed E-state index contributed by atoms with van der Waals surface area (Å²) in [6.45, 7) is 2.90. The molecule has 2 aromatic rings. The van der Waals surface area contributed by atoms with Crippen LogP contribution < -0.4 is 5.32 Å². The van der Waals surface area contributed by atoms with Gasteiger partial charge in [0.1, 0.15) is 11.6 Å². The number of benzene rings is 1. The lowest BCUT2D eigenvalue weighted by Gasteiger charge is -2.16. The van der Waals surface area contributed by atoms with Crippen LogP contribution in [0.15, 0.2) is 45.5 Å². The van der Waals surface area contributed by atoms with Gasteiger partial charge < -0.3 is 9.73 Å². The van der Waals surface area contributed by atoms with E-state index in [1.54, 1.807) is 12.3 Å². The molecule has 0 radical (unpaired) electrons. The molecule has 2 nitrogen and oxygen atoms in total. The zero-order valence-corrected chi connectivity index (χ0v) is 11.7. The second-order valence-electron chi connectivity index (χ2n) is 4.07. The van der Waals surface area contributed by atoms with E-state index in [4.69, 9.17) is 4.42 Å². The molecule has 1 aromatic heterocycles. The van der Waals surface area contributed by atoms with Crippen LogP contribution in [0.4, 0.5) is 4.39 Å². The third-order valence-corrected chi connectivity index (χ3v) is 3.51. The molecule has 1 heterocycles. The van der Waals surface area contributed by atoms with Crippen molar-refractivity contribution in [2.24, 2.45) is 0 Å². The average molecular weight is 312 g/mol. The van der Waals surface area contributed by atoms with E-state index in [2.05, 4.69) is 28.2 Å². The molecule has 1 unspecified atom stereocenters. The van der Waals surface area contributed by atoms with Crippen LogP contribution in [-0.2, 0) is 6.42 Å². The molecule has 1 N–H and O–H groups in total. The van der Waals surface area contributed by atoms with Crippen LogP contribution in [0.2, 0.25) is 0 Å². The van der Waals surface area contributed by atoms with Gasteiger partial charge in [0, 0.05) is 4.47 Å². The van der Waals surface area contributed by atoms with E-state index in [1.165, 1.54) is 12.1 Å². The molecule has 4 heteroatoms. The van der Waals surface area contributed by atoms with Gasteiger partial charge >= 0.3 is 0 Å². The van der Waals surface area contributed by atoms with Gasteiger partial charge in [-0.2, -0.15) is 0 Å². The topological polar surface area (TPSA) is 25.2 Å². The molecule has 0 spiro atoms. The second kappa shape index (κ2) is 6.16. The normalized spacial score (nSPS) is 12.6. The van der Waals surface area contributed by atoms with Crippen LogP contribution >= 0.6 is 15.9 Å². The van der Waals surface area contributed by atoms with Crippen LogP contribution in [0.25, 0.3) is 0 Å². The molecule has 2 rings (SSSR count). The van der Waals surface area contributed by atoms with Crippen molar-refractivity contribution in [1.82, 2.24) is 5.32 Å². The predicted molar refractivity (Wildman–Crippen MR) is 72.9 cm³/mol. The highest BCUT2D eigenvalue weighted by atomic mass is 79.9. The van der Waals surface area contributed by atoms with E-state index in [-0.39, 0.29) is 11.9 Å². The Morgan fingerprint density at radius 3 is 2.83 bits per heavy atom. The maximum Gasteiger partial charge on any atom is 0.124 e. The van der Waals surface area contributed by atoms with E-state index in [1.807, 2.05) is 12.1 Å². The minimum Gasteiger partial charge on any atom is -0.468 e. The molecule has 0 aliphatic carbocycles. The highest BCUT2D eigenvalue weighted by molar-refractivity contribution is 9.10. The molecule has 1 atom stereocenters. The van der Waals surface area contributed by atoms with Crippen molar-refractivity contribution in [3.8, 4) is 0 Å². The number of rotatable bonds is 5. The number of furan rings is 1. The first kappa shape index (κ1) is 13.3. The Morgan fingerprint density at radius 1 is 1.39 bits per heavy atom. The fraction of sp³-hybridized carbons (Fsp3) is 0.286. The third kappa shape index (κ3) is 3.21. The zero-order valence-electron chi connectivity index (χ0n) is 10.1. The SMILES string of the molecule is CCNC(Cc1ccc(F)cc1Br)c1ccco1. The van der Waals surface area contributed by atoms with Crippen molar-refractivity contribution in [2.75, 3.05) is 6.54 Å². The van der Waals surface area contributed by atoms with Crippen molar-refractivity contribution in [2.45, 2.75) is 19.4 Å². The summed E-state index contributed by atoms with van der Waals surface area (Å²) in [5.41, 5.74) is 1.05. The lowest BCUT2D eigenvalue weighted by Crippen LogP contribution is -2.22. The molecular weight excluding hydrogens is 297 g/mol. The van der Waals surface area contributed by atoms with Gasteiger partial charge in [0.2, 0.25) is 0 Å². The maximum atomic E-state index is 13.0. The number of nitrogens with one attached hydrogen (secondary N) is 1. The maximum absolute atomic E-state index is 13.0. The Hall–Kier alpha value is -1.13. The fourth-order valence-corrected chi connectivity index (χ4v) is 2.43. The van der Waals surface area contributed by atoms with Crippen LogP contribution in [0.3, 0.4) is 0 Å². The Bertz CT molecular complexity index is 499. The number of likely N-dealkylation sites (N-methyl/N-ethyl adjacent to an activating group) is 1. The first-order valence-corrected chi connectivity index (χ1v) is 6.70.